The Bertz CT molecular complexity index is 368. The molecule has 0 aliphatic rings. The van der Waals surface area contributed by atoms with E-state index in [4.69, 9.17) is 0 Å². The first-order valence-corrected chi connectivity index (χ1v) is 8.30. The Hall–Kier alpha value is -0.920. The van der Waals surface area contributed by atoms with Crippen molar-refractivity contribution in [2.45, 2.75) is 52.3 Å². The van der Waals surface area contributed by atoms with Crippen molar-refractivity contribution in [1.82, 2.24) is 10.6 Å². The number of amides is 2. The van der Waals surface area contributed by atoms with Crippen LogP contribution in [-0.4, -0.2) is 41.6 Å². The summed E-state index contributed by atoms with van der Waals surface area (Å²) in [6, 6.07) is 0. The first kappa shape index (κ1) is 21.1. The third-order valence-corrected chi connectivity index (χ3v) is 3.82. The molecule has 22 heavy (non-hydrogen) atoms. The van der Waals surface area contributed by atoms with Crippen LogP contribution in [0.4, 0.5) is 13.2 Å². The molecule has 0 bridgehead atoms. The van der Waals surface area contributed by atoms with Gasteiger partial charge in [-0.1, -0.05) is 13.3 Å². The van der Waals surface area contributed by atoms with Crippen molar-refractivity contribution in [1.29, 1.82) is 0 Å². The van der Waals surface area contributed by atoms with Gasteiger partial charge in [0.1, 0.15) is 0 Å². The predicted octanol–water partition coefficient (Wildman–Crippen LogP) is 2.73. The number of rotatable bonds is 8. The van der Waals surface area contributed by atoms with Crippen molar-refractivity contribution in [2.24, 2.45) is 5.92 Å². The highest BCUT2D eigenvalue weighted by atomic mass is 32.2. The summed E-state index contributed by atoms with van der Waals surface area (Å²) in [5, 5.41) is 5.15. The fourth-order valence-electron chi connectivity index (χ4n) is 1.66. The Morgan fingerprint density at radius 1 is 1.14 bits per heavy atom. The maximum Gasteiger partial charge on any atom is 0.389 e. The third kappa shape index (κ3) is 12.8. The van der Waals surface area contributed by atoms with E-state index in [1.165, 1.54) is 0 Å². The molecule has 0 aliphatic heterocycles. The minimum absolute atomic E-state index is 0.0527. The van der Waals surface area contributed by atoms with Crippen molar-refractivity contribution in [2.75, 3.05) is 18.1 Å². The highest BCUT2D eigenvalue weighted by molar-refractivity contribution is 7.99. The van der Waals surface area contributed by atoms with Crippen LogP contribution in [-0.2, 0) is 9.59 Å². The highest BCUT2D eigenvalue weighted by Gasteiger charge is 2.31. The zero-order chi connectivity index (χ0) is 17.4. The molecule has 0 aromatic rings. The van der Waals surface area contributed by atoms with E-state index >= 15 is 0 Å². The van der Waals surface area contributed by atoms with Crippen molar-refractivity contribution in [3.05, 3.63) is 0 Å². The van der Waals surface area contributed by atoms with Crippen LogP contribution in [0, 0.1) is 5.92 Å². The minimum atomic E-state index is -4.17. The Kier molecular flexibility index (Phi) is 8.88. The molecule has 0 spiro atoms. The molecule has 1 atom stereocenters. The van der Waals surface area contributed by atoms with E-state index < -0.39 is 18.5 Å². The summed E-state index contributed by atoms with van der Waals surface area (Å²) in [6.45, 7) is 7.06. The normalized spacial score (nSPS) is 13.6. The second kappa shape index (κ2) is 9.27. The lowest BCUT2D eigenvalue weighted by Gasteiger charge is -2.20. The lowest BCUT2D eigenvalue weighted by molar-refractivity contribution is -0.143. The summed E-state index contributed by atoms with van der Waals surface area (Å²) >= 11 is 1.16. The van der Waals surface area contributed by atoms with E-state index in [1.54, 1.807) is 6.92 Å². The number of carbonyl (C=O) groups is 2. The second-order valence-corrected chi connectivity index (χ2v) is 7.21. The van der Waals surface area contributed by atoms with E-state index in [9.17, 15) is 22.8 Å². The van der Waals surface area contributed by atoms with Crippen LogP contribution in [0.1, 0.15) is 40.5 Å². The number of hydrogen-bond donors (Lipinski definition) is 2. The van der Waals surface area contributed by atoms with Gasteiger partial charge >= 0.3 is 6.18 Å². The molecule has 0 heterocycles. The minimum Gasteiger partial charge on any atom is -0.350 e. The van der Waals surface area contributed by atoms with E-state index in [-0.39, 0.29) is 35.4 Å². The second-order valence-electron chi connectivity index (χ2n) is 6.18. The fraction of sp³-hybridized carbons (Fsp3) is 0.857. The van der Waals surface area contributed by atoms with Crippen LogP contribution in [0.15, 0.2) is 0 Å². The lowest BCUT2D eigenvalue weighted by atomic mass is 10.1. The van der Waals surface area contributed by atoms with Crippen LogP contribution < -0.4 is 10.6 Å². The summed E-state index contributed by atoms with van der Waals surface area (Å²) < 4.78 is 36.9. The lowest BCUT2D eigenvalue weighted by Crippen LogP contribution is -2.46. The Morgan fingerprint density at radius 3 is 2.18 bits per heavy atom. The number of hydrogen-bond acceptors (Lipinski definition) is 3. The number of thioether (sulfide) groups is 1. The van der Waals surface area contributed by atoms with Gasteiger partial charge in [0.15, 0.2) is 0 Å². The quantitative estimate of drug-likeness (QED) is 0.713. The highest BCUT2D eigenvalue weighted by Crippen LogP contribution is 2.28. The molecule has 1 unspecified atom stereocenters. The zero-order valence-electron chi connectivity index (χ0n) is 13.5. The van der Waals surface area contributed by atoms with E-state index in [0.29, 0.717) is 6.42 Å². The first-order valence-electron chi connectivity index (χ1n) is 7.15. The summed E-state index contributed by atoms with van der Waals surface area (Å²) in [5.74, 6) is -0.804. The Balaban J connectivity index is 3.92. The summed E-state index contributed by atoms with van der Waals surface area (Å²) in [6.07, 6.45) is -4.58. The Labute approximate surface area is 134 Å². The van der Waals surface area contributed by atoms with Crippen molar-refractivity contribution in [3.8, 4) is 0 Å². The average Bonchev–Trinajstić information content (AvgIpc) is 2.31. The number of halogens is 3. The van der Waals surface area contributed by atoms with E-state index in [0.717, 1.165) is 11.8 Å². The zero-order valence-corrected chi connectivity index (χ0v) is 14.3. The van der Waals surface area contributed by atoms with Crippen LogP contribution in [0.2, 0.25) is 0 Å². The summed E-state index contributed by atoms with van der Waals surface area (Å²) in [7, 11) is 0. The van der Waals surface area contributed by atoms with Gasteiger partial charge in [0, 0.05) is 12.0 Å². The topological polar surface area (TPSA) is 58.2 Å². The van der Waals surface area contributed by atoms with Crippen LogP contribution >= 0.6 is 11.8 Å². The van der Waals surface area contributed by atoms with Gasteiger partial charge in [0.05, 0.1) is 12.3 Å². The number of alkyl halides is 3. The monoisotopic (exact) mass is 342 g/mol. The molecule has 0 saturated carbocycles. The van der Waals surface area contributed by atoms with Gasteiger partial charge in [-0.05, 0) is 32.4 Å². The van der Waals surface area contributed by atoms with Crippen LogP contribution in [0.5, 0.6) is 0 Å². The molecule has 0 saturated heterocycles. The van der Waals surface area contributed by atoms with E-state index in [2.05, 4.69) is 10.6 Å². The summed E-state index contributed by atoms with van der Waals surface area (Å²) in [5.41, 5.74) is -0.373. The molecule has 2 amide bonds. The van der Waals surface area contributed by atoms with Gasteiger partial charge in [0.25, 0.3) is 0 Å². The summed E-state index contributed by atoms with van der Waals surface area (Å²) in [4.78, 5) is 23.0. The van der Waals surface area contributed by atoms with E-state index in [1.807, 2.05) is 20.8 Å². The molecule has 8 heteroatoms. The molecule has 0 aromatic heterocycles. The number of carbonyl (C=O) groups excluding carboxylic acids is 2. The first-order chi connectivity index (χ1) is 9.93. The Morgan fingerprint density at radius 2 is 1.73 bits per heavy atom. The molecule has 0 aromatic carbocycles. The fourth-order valence-corrected chi connectivity index (χ4v) is 2.75. The van der Waals surface area contributed by atoms with Crippen LogP contribution in [0.25, 0.3) is 0 Å². The molecule has 0 rings (SSSR count). The molecule has 0 radical (unpaired) electrons. The van der Waals surface area contributed by atoms with Crippen molar-refractivity contribution < 1.29 is 22.8 Å². The maximum absolute atomic E-state index is 12.3. The predicted molar refractivity (Wildman–Crippen MR) is 82.7 cm³/mol. The third-order valence-electron chi connectivity index (χ3n) is 2.64. The van der Waals surface area contributed by atoms with Crippen molar-refractivity contribution >= 4 is 23.6 Å². The van der Waals surface area contributed by atoms with Crippen LogP contribution in [0.3, 0.4) is 0 Å². The molecule has 4 nitrogen and oxygen atoms in total. The molecular formula is C14H25F3N2O2S. The maximum atomic E-state index is 12.3. The smallest absolute Gasteiger partial charge is 0.350 e. The van der Waals surface area contributed by atoms with Gasteiger partial charge in [-0.2, -0.15) is 24.9 Å². The van der Waals surface area contributed by atoms with Gasteiger partial charge in [-0.15, -0.1) is 0 Å². The molecule has 0 aliphatic carbocycles. The van der Waals surface area contributed by atoms with Gasteiger partial charge in [-0.3, -0.25) is 9.59 Å². The number of nitrogens with one attached hydrogen (secondary N) is 2. The molecule has 2 N–H and O–H groups in total. The standard InChI is InChI=1S/C14H25F3N2O2S/c1-5-10(6-14(15,16)17)8-22-9-12(21)18-7-11(20)19-13(2,3)4/h10H,5-9H2,1-4H3,(H,18,21)(H,19,20). The van der Waals surface area contributed by atoms with Crippen molar-refractivity contribution in [3.63, 3.8) is 0 Å². The van der Waals surface area contributed by atoms with Gasteiger partial charge in [-0.25, -0.2) is 0 Å². The largest absolute Gasteiger partial charge is 0.389 e. The van der Waals surface area contributed by atoms with Gasteiger partial charge < -0.3 is 10.6 Å². The van der Waals surface area contributed by atoms with Gasteiger partial charge in [0.2, 0.25) is 11.8 Å². The molecule has 0 fully saturated rings. The molecule has 130 valence electrons. The average molecular weight is 342 g/mol. The SMILES string of the molecule is CCC(CSCC(=O)NCC(=O)NC(C)(C)C)CC(F)(F)F. The molecular weight excluding hydrogens is 317 g/mol.